The zero-order chi connectivity index (χ0) is 27.3. The number of hydrogen-bond donors (Lipinski definition) is 3. The number of carbonyl (C=O) groups is 1. The van der Waals surface area contributed by atoms with E-state index in [4.69, 9.17) is 25.6 Å². The number of alkyl halides is 3. The Kier molecular flexibility index (Phi) is 12.4. The van der Waals surface area contributed by atoms with Crippen LogP contribution in [0, 0.1) is 11.3 Å². The van der Waals surface area contributed by atoms with Crippen LogP contribution in [0.2, 0.25) is 0 Å². The Morgan fingerprint density at radius 2 is 1.73 bits per heavy atom. The normalized spacial score (nSPS) is 15.4. The van der Waals surface area contributed by atoms with Gasteiger partial charge in [-0.3, -0.25) is 5.41 Å². The predicted molar refractivity (Wildman–Crippen MR) is 135 cm³/mol. The number of likely N-dealkylation sites (tertiary alicyclic amines) is 1. The molecule has 0 radical (unpaired) electrons. The Balaban J connectivity index is 0.000000604. The molecule has 1 aliphatic heterocycles. The molecule has 1 aliphatic rings. The number of nitrogens with two attached hydrogens (primary N) is 1. The molecule has 0 saturated carbocycles. The van der Waals surface area contributed by atoms with Crippen LogP contribution in [0.3, 0.4) is 0 Å². The highest BCUT2D eigenvalue weighted by molar-refractivity contribution is 5.74. The first kappa shape index (κ1) is 30.1. The molecule has 0 bridgehead atoms. The van der Waals surface area contributed by atoms with E-state index in [1.54, 1.807) is 0 Å². The summed E-state index contributed by atoms with van der Waals surface area (Å²) in [6, 6.07) is 8.58. The van der Waals surface area contributed by atoms with E-state index in [9.17, 15) is 13.2 Å². The third-order valence-electron chi connectivity index (χ3n) is 6.33. The molecule has 1 aromatic carbocycles. The van der Waals surface area contributed by atoms with Crippen molar-refractivity contribution in [3.8, 4) is 11.4 Å². The third kappa shape index (κ3) is 11.2. The van der Waals surface area contributed by atoms with Crippen molar-refractivity contribution in [2.75, 3.05) is 13.1 Å². The number of aliphatic carboxylic acids is 1. The average molecular weight is 526 g/mol. The van der Waals surface area contributed by atoms with Crippen LogP contribution in [0.15, 0.2) is 28.8 Å². The van der Waals surface area contributed by atoms with E-state index in [-0.39, 0.29) is 5.96 Å². The zero-order valence-corrected chi connectivity index (χ0v) is 21.4. The van der Waals surface area contributed by atoms with Crippen molar-refractivity contribution < 1.29 is 27.6 Å². The van der Waals surface area contributed by atoms with Crippen LogP contribution in [-0.2, 0) is 17.6 Å². The summed E-state index contributed by atoms with van der Waals surface area (Å²) in [5.41, 5.74) is 7.95. The maximum atomic E-state index is 10.6. The first-order valence-electron chi connectivity index (χ1n) is 12.9. The molecule has 8 nitrogen and oxygen atoms in total. The second-order valence-electron chi connectivity index (χ2n) is 9.43. The Morgan fingerprint density at radius 1 is 1.14 bits per heavy atom. The molecule has 1 unspecified atom stereocenters. The minimum atomic E-state index is -5.08. The van der Waals surface area contributed by atoms with Crippen LogP contribution < -0.4 is 5.73 Å². The molecule has 2 aromatic rings. The minimum Gasteiger partial charge on any atom is -0.475 e. The number of aryl methyl sites for hydroxylation is 1. The molecule has 2 heterocycles. The van der Waals surface area contributed by atoms with Crippen LogP contribution in [-0.4, -0.2) is 51.3 Å². The van der Waals surface area contributed by atoms with Gasteiger partial charge in [0.05, 0.1) is 0 Å². The highest BCUT2D eigenvalue weighted by atomic mass is 19.4. The molecule has 0 amide bonds. The SMILES string of the molecule is CCCCCCCCCCc1ccc(-c2noc(CC3CCN(C(=N)N)C3)n2)cc1.O=C(O)C(F)(F)F. The standard InChI is InChI=1S/C24H37N5O.C2HF3O2/c1-2-3-4-5-6-7-8-9-10-19-11-13-21(14-12-19)23-27-22(30-28-23)17-20-15-16-29(18-20)24(25)26;3-2(4,5)1(6)7/h11-14,20H,2-10,15-18H2,1H3,(H3,25,26);(H,6,7). The molecule has 1 aromatic heterocycles. The molecule has 37 heavy (non-hydrogen) atoms. The lowest BCUT2D eigenvalue weighted by Gasteiger charge is -2.14. The fourth-order valence-corrected chi connectivity index (χ4v) is 4.20. The first-order valence-corrected chi connectivity index (χ1v) is 12.9. The van der Waals surface area contributed by atoms with Crippen LogP contribution >= 0.6 is 0 Å². The number of nitrogens with zero attached hydrogens (tertiary/aromatic N) is 3. The maximum Gasteiger partial charge on any atom is 0.490 e. The summed E-state index contributed by atoms with van der Waals surface area (Å²) in [5.74, 6) is -0.868. The van der Waals surface area contributed by atoms with Crippen molar-refractivity contribution in [1.82, 2.24) is 15.0 Å². The fourth-order valence-electron chi connectivity index (χ4n) is 4.20. The van der Waals surface area contributed by atoms with Gasteiger partial charge in [0.25, 0.3) is 0 Å². The number of carboxylic acid groups (broad SMARTS) is 1. The van der Waals surface area contributed by atoms with E-state index >= 15 is 0 Å². The summed E-state index contributed by atoms with van der Waals surface area (Å²) < 4.78 is 37.2. The summed E-state index contributed by atoms with van der Waals surface area (Å²) in [5, 5.41) is 18.8. The van der Waals surface area contributed by atoms with Crippen molar-refractivity contribution in [1.29, 1.82) is 5.41 Å². The summed E-state index contributed by atoms with van der Waals surface area (Å²) in [7, 11) is 0. The van der Waals surface area contributed by atoms with E-state index in [0.717, 1.165) is 37.9 Å². The second-order valence-corrected chi connectivity index (χ2v) is 9.43. The van der Waals surface area contributed by atoms with Crippen LogP contribution in [0.1, 0.15) is 76.2 Å². The zero-order valence-electron chi connectivity index (χ0n) is 21.4. The van der Waals surface area contributed by atoms with Crippen molar-refractivity contribution in [2.24, 2.45) is 11.7 Å². The van der Waals surface area contributed by atoms with Gasteiger partial charge in [-0.1, -0.05) is 81.3 Å². The molecule has 11 heteroatoms. The number of aromatic nitrogens is 2. The van der Waals surface area contributed by atoms with Crippen molar-refractivity contribution >= 4 is 11.9 Å². The lowest BCUT2D eigenvalue weighted by atomic mass is 10.0. The quantitative estimate of drug-likeness (QED) is 0.181. The van der Waals surface area contributed by atoms with Gasteiger partial charge < -0.3 is 20.3 Å². The first-order chi connectivity index (χ1) is 17.6. The third-order valence-corrected chi connectivity index (χ3v) is 6.33. The van der Waals surface area contributed by atoms with E-state index in [1.165, 1.54) is 56.9 Å². The molecule has 1 fully saturated rings. The smallest absolute Gasteiger partial charge is 0.475 e. The fraction of sp³-hybridized carbons (Fsp3) is 0.615. The largest absolute Gasteiger partial charge is 0.490 e. The number of nitrogens with one attached hydrogen (secondary N) is 1. The van der Waals surface area contributed by atoms with E-state index in [0.29, 0.717) is 17.6 Å². The number of rotatable bonds is 12. The van der Waals surface area contributed by atoms with Gasteiger partial charge in [-0.2, -0.15) is 18.2 Å². The van der Waals surface area contributed by atoms with Gasteiger partial charge in [0.2, 0.25) is 11.7 Å². The van der Waals surface area contributed by atoms with Gasteiger partial charge >= 0.3 is 12.1 Å². The highest BCUT2D eigenvalue weighted by Crippen LogP contribution is 2.22. The molecular weight excluding hydrogens is 487 g/mol. The summed E-state index contributed by atoms with van der Waals surface area (Å²) >= 11 is 0. The molecule has 1 saturated heterocycles. The lowest BCUT2D eigenvalue weighted by Crippen LogP contribution is -2.34. The van der Waals surface area contributed by atoms with Crippen molar-refractivity contribution in [3.05, 3.63) is 35.7 Å². The molecule has 1 atom stereocenters. The lowest BCUT2D eigenvalue weighted by molar-refractivity contribution is -0.192. The number of halogens is 3. The van der Waals surface area contributed by atoms with Crippen LogP contribution in [0.4, 0.5) is 13.2 Å². The van der Waals surface area contributed by atoms with Gasteiger partial charge in [-0.25, -0.2) is 4.79 Å². The van der Waals surface area contributed by atoms with E-state index in [1.807, 2.05) is 4.90 Å². The summed E-state index contributed by atoms with van der Waals surface area (Å²) in [4.78, 5) is 15.4. The van der Waals surface area contributed by atoms with Gasteiger partial charge in [0, 0.05) is 25.1 Å². The number of hydrogen-bond acceptors (Lipinski definition) is 5. The Morgan fingerprint density at radius 3 is 2.27 bits per heavy atom. The van der Waals surface area contributed by atoms with Crippen LogP contribution in [0.5, 0.6) is 0 Å². The number of guanidine groups is 1. The molecule has 3 rings (SSSR count). The highest BCUT2D eigenvalue weighted by Gasteiger charge is 2.38. The number of carboxylic acids is 1. The topological polar surface area (TPSA) is 129 Å². The second kappa shape index (κ2) is 15.2. The molecule has 0 aliphatic carbocycles. The van der Waals surface area contributed by atoms with Gasteiger partial charge in [-0.15, -0.1) is 0 Å². The van der Waals surface area contributed by atoms with Gasteiger partial charge in [0.1, 0.15) is 0 Å². The number of benzene rings is 1. The Hall–Kier alpha value is -3.11. The summed E-state index contributed by atoms with van der Waals surface area (Å²) in [6.45, 7) is 3.89. The summed E-state index contributed by atoms with van der Waals surface area (Å²) in [6.07, 6.45) is 8.62. The van der Waals surface area contributed by atoms with Gasteiger partial charge in [0.15, 0.2) is 5.96 Å². The number of unbranched alkanes of at least 4 members (excludes halogenated alkanes) is 7. The molecule has 206 valence electrons. The van der Waals surface area contributed by atoms with Crippen LogP contribution in [0.25, 0.3) is 11.4 Å². The van der Waals surface area contributed by atoms with E-state index < -0.39 is 12.1 Å². The molecule has 4 N–H and O–H groups in total. The molecular formula is C26H38F3N5O3. The average Bonchev–Trinajstić information content (AvgIpc) is 3.51. The van der Waals surface area contributed by atoms with E-state index in [2.05, 4.69) is 41.3 Å². The Labute approximate surface area is 215 Å². The predicted octanol–water partition coefficient (Wildman–Crippen LogP) is 5.81. The Bertz CT molecular complexity index is 963. The maximum absolute atomic E-state index is 10.6. The van der Waals surface area contributed by atoms with Crippen molar-refractivity contribution in [2.45, 2.75) is 83.7 Å². The van der Waals surface area contributed by atoms with Crippen molar-refractivity contribution in [3.63, 3.8) is 0 Å². The van der Waals surface area contributed by atoms with Gasteiger partial charge in [-0.05, 0) is 30.7 Å². The monoisotopic (exact) mass is 525 g/mol. The minimum absolute atomic E-state index is 0.149. The molecule has 0 spiro atoms.